The number of hydrogen-bond acceptors (Lipinski definition) is 4. The molecule has 2 aromatic rings. The Morgan fingerprint density at radius 1 is 1.55 bits per heavy atom. The molecule has 0 spiro atoms. The molecule has 0 aromatic carbocycles. The van der Waals surface area contributed by atoms with Gasteiger partial charge in [-0.2, -0.15) is 10.2 Å². The van der Waals surface area contributed by atoms with Gasteiger partial charge in [0.15, 0.2) is 0 Å². The fraction of sp³-hybridized carbons (Fsp3) is 0.533. The molecule has 0 saturated carbocycles. The number of aryl methyl sites for hydroxylation is 2. The van der Waals surface area contributed by atoms with E-state index in [0.717, 1.165) is 17.0 Å². The molecule has 7 nitrogen and oxygen atoms in total. The summed E-state index contributed by atoms with van der Waals surface area (Å²) in [6.45, 7) is 3.74. The van der Waals surface area contributed by atoms with Crippen molar-refractivity contribution in [2.75, 3.05) is 19.8 Å². The van der Waals surface area contributed by atoms with Crippen LogP contribution in [-0.4, -0.2) is 50.5 Å². The first-order valence-corrected chi connectivity index (χ1v) is 7.51. The molecule has 1 amide bonds. The van der Waals surface area contributed by atoms with Crippen molar-refractivity contribution < 1.29 is 9.53 Å². The summed E-state index contributed by atoms with van der Waals surface area (Å²) in [5, 5.41) is 11.1. The largest absolute Gasteiger partial charge is 0.377 e. The number of morpholine rings is 1. The van der Waals surface area contributed by atoms with E-state index in [9.17, 15) is 4.79 Å². The van der Waals surface area contributed by atoms with Gasteiger partial charge in [0.25, 0.3) is 0 Å². The Morgan fingerprint density at radius 2 is 2.41 bits per heavy atom. The van der Waals surface area contributed by atoms with Gasteiger partial charge in [0.05, 0.1) is 31.1 Å². The van der Waals surface area contributed by atoms with Crippen LogP contribution in [0.15, 0.2) is 18.5 Å². The fourth-order valence-corrected chi connectivity index (χ4v) is 2.79. The van der Waals surface area contributed by atoms with Crippen LogP contribution in [0.25, 0.3) is 0 Å². The molecule has 0 unspecified atom stereocenters. The van der Waals surface area contributed by atoms with Crippen LogP contribution in [0.5, 0.6) is 0 Å². The quantitative estimate of drug-likeness (QED) is 0.913. The smallest absolute Gasteiger partial charge is 0.223 e. The van der Waals surface area contributed by atoms with Gasteiger partial charge in [-0.15, -0.1) is 0 Å². The van der Waals surface area contributed by atoms with Crippen molar-refractivity contribution in [2.45, 2.75) is 25.8 Å². The molecule has 7 heteroatoms. The number of aromatic amines is 1. The lowest BCUT2D eigenvalue weighted by molar-refractivity contribution is -0.140. The summed E-state index contributed by atoms with van der Waals surface area (Å²) >= 11 is 0. The molecule has 0 aliphatic carbocycles. The van der Waals surface area contributed by atoms with Crippen LogP contribution in [-0.2, 0) is 23.0 Å². The van der Waals surface area contributed by atoms with Gasteiger partial charge in [-0.25, -0.2) is 0 Å². The number of aromatic nitrogens is 4. The van der Waals surface area contributed by atoms with E-state index in [1.807, 2.05) is 35.8 Å². The number of nitrogens with zero attached hydrogens (tertiary/aromatic N) is 4. The van der Waals surface area contributed by atoms with E-state index in [1.54, 1.807) is 6.20 Å². The highest BCUT2D eigenvalue weighted by atomic mass is 16.5. The topological polar surface area (TPSA) is 76.0 Å². The van der Waals surface area contributed by atoms with E-state index in [0.29, 0.717) is 32.6 Å². The molecule has 1 N–H and O–H groups in total. The van der Waals surface area contributed by atoms with Crippen molar-refractivity contribution in [3.8, 4) is 0 Å². The number of nitrogens with one attached hydrogen (secondary N) is 1. The number of amides is 1. The maximum atomic E-state index is 12.6. The maximum Gasteiger partial charge on any atom is 0.223 e. The molecular formula is C15H21N5O2. The first-order chi connectivity index (χ1) is 10.7. The van der Waals surface area contributed by atoms with Crippen molar-refractivity contribution in [3.05, 3.63) is 35.4 Å². The molecule has 1 fully saturated rings. The number of H-pyrrole nitrogens is 1. The minimum atomic E-state index is -0.0706. The van der Waals surface area contributed by atoms with Crippen molar-refractivity contribution in [2.24, 2.45) is 7.05 Å². The highest BCUT2D eigenvalue weighted by Crippen LogP contribution is 2.23. The van der Waals surface area contributed by atoms with Gasteiger partial charge in [0.2, 0.25) is 5.91 Å². The number of ether oxygens (including phenoxy) is 1. The Bertz CT molecular complexity index is 634. The Balaban J connectivity index is 1.66. The molecule has 1 aliphatic heterocycles. The van der Waals surface area contributed by atoms with E-state index >= 15 is 0 Å². The van der Waals surface area contributed by atoms with Crippen LogP contribution in [0, 0.1) is 6.92 Å². The van der Waals surface area contributed by atoms with Crippen molar-refractivity contribution in [1.82, 2.24) is 24.9 Å². The Kier molecular flexibility index (Phi) is 4.24. The van der Waals surface area contributed by atoms with Crippen LogP contribution < -0.4 is 0 Å². The molecule has 3 heterocycles. The van der Waals surface area contributed by atoms with Crippen molar-refractivity contribution in [1.29, 1.82) is 0 Å². The van der Waals surface area contributed by atoms with Crippen molar-refractivity contribution in [3.63, 3.8) is 0 Å². The monoisotopic (exact) mass is 303 g/mol. The average molecular weight is 303 g/mol. The van der Waals surface area contributed by atoms with E-state index < -0.39 is 0 Å². The number of carbonyl (C=O) groups excluding carboxylic acids is 1. The second-order valence-electron chi connectivity index (χ2n) is 5.57. The minimum Gasteiger partial charge on any atom is -0.377 e. The fourth-order valence-electron chi connectivity index (χ4n) is 2.79. The molecule has 0 radical (unpaired) electrons. The van der Waals surface area contributed by atoms with Crippen LogP contribution in [0.2, 0.25) is 0 Å². The molecule has 118 valence electrons. The standard InChI is InChI=1S/C15H21N5O2/c1-11-12(9-17-19(11)2)3-4-15(21)20-7-8-22-10-14(20)13-5-6-16-18-13/h5-6,9,14H,3-4,7-8,10H2,1-2H3,(H,16,18)/t14-/m1/s1. The number of hydrogen-bond donors (Lipinski definition) is 1. The summed E-state index contributed by atoms with van der Waals surface area (Å²) in [5.41, 5.74) is 3.16. The third kappa shape index (κ3) is 2.89. The second-order valence-corrected chi connectivity index (χ2v) is 5.57. The normalized spacial score (nSPS) is 18.6. The highest BCUT2D eigenvalue weighted by Gasteiger charge is 2.29. The van der Waals surface area contributed by atoms with Gasteiger partial charge < -0.3 is 9.64 Å². The molecular weight excluding hydrogens is 282 g/mol. The first-order valence-electron chi connectivity index (χ1n) is 7.51. The molecule has 2 aromatic heterocycles. The molecule has 1 saturated heterocycles. The van der Waals surface area contributed by atoms with Crippen LogP contribution >= 0.6 is 0 Å². The third-order valence-electron chi connectivity index (χ3n) is 4.28. The SMILES string of the molecule is Cc1c(CCC(=O)N2CCOC[C@@H]2c2ccn[nH]2)cnn1C. The maximum absolute atomic E-state index is 12.6. The van der Waals surface area contributed by atoms with Gasteiger partial charge in [-0.3, -0.25) is 14.6 Å². The predicted molar refractivity (Wildman–Crippen MR) is 80.1 cm³/mol. The van der Waals surface area contributed by atoms with Crippen LogP contribution in [0.3, 0.4) is 0 Å². The van der Waals surface area contributed by atoms with E-state index in [1.165, 1.54) is 0 Å². The third-order valence-corrected chi connectivity index (χ3v) is 4.28. The Labute approximate surface area is 129 Å². The van der Waals surface area contributed by atoms with E-state index in [4.69, 9.17) is 4.74 Å². The summed E-state index contributed by atoms with van der Waals surface area (Å²) in [7, 11) is 1.91. The van der Waals surface area contributed by atoms with Gasteiger partial charge in [0, 0.05) is 31.9 Å². The zero-order chi connectivity index (χ0) is 15.5. The Hall–Kier alpha value is -2.15. The molecule has 22 heavy (non-hydrogen) atoms. The molecule has 3 rings (SSSR count). The Morgan fingerprint density at radius 3 is 3.09 bits per heavy atom. The second kappa shape index (κ2) is 6.31. The summed E-state index contributed by atoms with van der Waals surface area (Å²) in [6.07, 6.45) is 4.74. The van der Waals surface area contributed by atoms with E-state index in [2.05, 4.69) is 15.3 Å². The molecule has 1 aliphatic rings. The summed E-state index contributed by atoms with van der Waals surface area (Å²) in [5.74, 6) is 0.145. The molecule has 0 bridgehead atoms. The van der Waals surface area contributed by atoms with Gasteiger partial charge >= 0.3 is 0 Å². The average Bonchev–Trinajstić information content (AvgIpc) is 3.17. The van der Waals surface area contributed by atoms with E-state index in [-0.39, 0.29) is 11.9 Å². The van der Waals surface area contributed by atoms with Gasteiger partial charge in [-0.1, -0.05) is 0 Å². The summed E-state index contributed by atoms with van der Waals surface area (Å²) in [6, 6.07) is 1.82. The van der Waals surface area contributed by atoms with Gasteiger partial charge in [-0.05, 0) is 25.0 Å². The lowest BCUT2D eigenvalue weighted by Crippen LogP contribution is -2.43. The molecule has 1 atom stereocenters. The predicted octanol–water partition coefficient (Wildman–Crippen LogP) is 0.984. The van der Waals surface area contributed by atoms with Crippen molar-refractivity contribution >= 4 is 5.91 Å². The number of carbonyl (C=O) groups is 1. The highest BCUT2D eigenvalue weighted by molar-refractivity contribution is 5.77. The first kappa shape index (κ1) is 14.8. The lowest BCUT2D eigenvalue weighted by Gasteiger charge is -2.35. The van der Waals surface area contributed by atoms with Gasteiger partial charge in [0.1, 0.15) is 0 Å². The lowest BCUT2D eigenvalue weighted by atomic mass is 10.1. The zero-order valence-electron chi connectivity index (χ0n) is 13.0. The van der Waals surface area contributed by atoms with Crippen LogP contribution in [0.1, 0.15) is 29.4 Å². The summed E-state index contributed by atoms with van der Waals surface area (Å²) in [4.78, 5) is 14.5. The number of rotatable bonds is 4. The zero-order valence-corrected chi connectivity index (χ0v) is 13.0. The minimum absolute atomic E-state index is 0.0706. The summed E-state index contributed by atoms with van der Waals surface area (Å²) < 4.78 is 7.35. The van der Waals surface area contributed by atoms with Crippen LogP contribution in [0.4, 0.5) is 0 Å².